The van der Waals surface area contributed by atoms with E-state index in [1.54, 1.807) is 0 Å². The summed E-state index contributed by atoms with van der Waals surface area (Å²) >= 11 is 0. The van der Waals surface area contributed by atoms with E-state index < -0.39 is 19.9 Å². The summed E-state index contributed by atoms with van der Waals surface area (Å²) in [6.45, 7) is 2.45. The zero-order chi connectivity index (χ0) is 21.2. The molecule has 156 valence electrons. The number of carbonyl (C=O) groups excluding carboxylic acids is 1. The van der Waals surface area contributed by atoms with Crippen LogP contribution in [-0.4, -0.2) is 46.4 Å². The standard InChI is InChI=1S/C20H24N2O5S2/c1-15-3-5-17(6-4-15)21-20(23)16-11-13-22(14-12-16)29(26,27)19-9-7-18(8-10-19)28(2,24)25/h3-10,16H,11-14H2,1-2H3,(H,21,23). The Hall–Kier alpha value is -2.23. The lowest BCUT2D eigenvalue weighted by Crippen LogP contribution is -2.41. The molecule has 1 amide bonds. The molecule has 2 aromatic carbocycles. The van der Waals surface area contributed by atoms with Crippen molar-refractivity contribution in [2.45, 2.75) is 29.6 Å². The minimum atomic E-state index is -3.73. The number of carbonyl (C=O) groups is 1. The van der Waals surface area contributed by atoms with Crippen LogP contribution in [0.3, 0.4) is 0 Å². The molecule has 9 heteroatoms. The van der Waals surface area contributed by atoms with Crippen molar-refractivity contribution in [1.29, 1.82) is 0 Å². The Morgan fingerprint density at radius 1 is 0.897 bits per heavy atom. The molecule has 1 aliphatic heterocycles. The molecule has 0 aliphatic carbocycles. The molecule has 1 fully saturated rings. The predicted octanol–water partition coefficient (Wildman–Crippen LogP) is 2.44. The Bertz CT molecular complexity index is 1080. The fourth-order valence-corrected chi connectivity index (χ4v) is 5.35. The SMILES string of the molecule is Cc1ccc(NC(=O)C2CCN(S(=O)(=O)c3ccc(S(C)(=O)=O)cc3)CC2)cc1. The maximum absolute atomic E-state index is 12.8. The van der Waals surface area contributed by atoms with Crippen molar-refractivity contribution < 1.29 is 21.6 Å². The van der Waals surface area contributed by atoms with Crippen LogP contribution in [0.15, 0.2) is 58.3 Å². The van der Waals surface area contributed by atoms with Crippen LogP contribution in [0.4, 0.5) is 5.69 Å². The number of benzene rings is 2. The second-order valence-corrected chi connectivity index (χ2v) is 11.2. The van der Waals surface area contributed by atoms with E-state index in [2.05, 4.69) is 5.32 Å². The molecule has 7 nitrogen and oxygen atoms in total. The number of rotatable bonds is 5. The highest BCUT2D eigenvalue weighted by Crippen LogP contribution is 2.25. The number of amides is 1. The van der Waals surface area contributed by atoms with Gasteiger partial charge in [0.1, 0.15) is 0 Å². The summed E-state index contributed by atoms with van der Waals surface area (Å²) < 4.78 is 50.1. The lowest BCUT2D eigenvalue weighted by Gasteiger charge is -2.30. The van der Waals surface area contributed by atoms with Crippen LogP contribution in [0, 0.1) is 12.8 Å². The topological polar surface area (TPSA) is 101 Å². The number of hydrogen-bond donors (Lipinski definition) is 1. The minimum Gasteiger partial charge on any atom is -0.326 e. The number of nitrogens with zero attached hydrogens (tertiary/aromatic N) is 1. The van der Waals surface area contributed by atoms with Gasteiger partial charge in [0.05, 0.1) is 9.79 Å². The molecule has 0 atom stereocenters. The molecule has 0 bridgehead atoms. The van der Waals surface area contributed by atoms with Gasteiger partial charge in [-0.2, -0.15) is 4.31 Å². The zero-order valence-corrected chi connectivity index (χ0v) is 18.0. The molecule has 1 heterocycles. The van der Waals surface area contributed by atoms with Gasteiger partial charge in [-0.15, -0.1) is 0 Å². The van der Waals surface area contributed by atoms with Gasteiger partial charge in [0, 0.05) is 31.0 Å². The van der Waals surface area contributed by atoms with Crippen LogP contribution in [0.2, 0.25) is 0 Å². The van der Waals surface area contributed by atoms with E-state index >= 15 is 0 Å². The molecule has 1 saturated heterocycles. The quantitative estimate of drug-likeness (QED) is 0.776. The number of anilines is 1. The van der Waals surface area contributed by atoms with Crippen LogP contribution in [0.5, 0.6) is 0 Å². The molecule has 1 aliphatic rings. The fourth-order valence-electron chi connectivity index (χ4n) is 3.25. The highest BCUT2D eigenvalue weighted by Gasteiger charge is 2.32. The smallest absolute Gasteiger partial charge is 0.243 e. The van der Waals surface area contributed by atoms with Crippen molar-refractivity contribution in [2.75, 3.05) is 24.7 Å². The summed E-state index contributed by atoms with van der Waals surface area (Å²) in [4.78, 5) is 12.6. The Morgan fingerprint density at radius 2 is 1.41 bits per heavy atom. The van der Waals surface area contributed by atoms with Gasteiger partial charge in [-0.3, -0.25) is 4.79 Å². The first kappa shape index (κ1) is 21.5. The predicted molar refractivity (Wildman–Crippen MR) is 111 cm³/mol. The van der Waals surface area contributed by atoms with Gasteiger partial charge >= 0.3 is 0 Å². The van der Waals surface area contributed by atoms with Crippen LogP contribution >= 0.6 is 0 Å². The molecule has 0 aromatic heterocycles. The van der Waals surface area contributed by atoms with E-state index in [-0.39, 0.29) is 34.7 Å². The number of piperidine rings is 1. The summed E-state index contributed by atoms with van der Waals surface area (Å²) in [7, 11) is -7.12. The molecule has 2 aromatic rings. The van der Waals surface area contributed by atoms with Crippen molar-refractivity contribution in [3.05, 3.63) is 54.1 Å². The highest BCUT2D eigenvalue weighted by atomic mass is 32.2. The van der Waals surface area contributed by atoms with E-state index in [1.807, 2.05) is 31.2 Å². The monoisotopic (exact) mass is 436 g/mol. The molecular weight excluding hydrogens is 412 g/mol. The molecule has 0 unspecified atom stereocenters. The third kappa shape index (κ3) is 5.04. The lowest BCUT2D eigenvalue weighted by atomic mass is 9.97. The van der Waals surface area contributed by atoms with Gasteiger partial charge in [0.15, 0.2) is 9.84 Å². The largest absolute Gasteiger partial charge is 0.326 e. The van der Waals surface area contributed by atoms with E-state index in [0.717, 1.165) is 17.5 Å². The van der Waals surface area contributed by atoms with Crippen LogP contribution < -0.4 is 5.32 Å². The van der Waals surface area contributed by atoms with Crippen molar-refractivity contribution in [3.8, 4) is 0 Å². The van der Waals surface area contributed by atoms with Gasteiger partial charge in [-0.1, -0.05) is 17.7 Å². The van der Waals surface area contributed by atoms with Crippen LogP contribution in [0.25, 0.3) is 0 Å². The summed E-state index contributed by atoms with van der Waals surface area (Å²) in [6.07, 6.45) is 1.93. The molecule has 0 spiro atoms. The maximum atomic E-state index is 12.8. The van der Waals surface area contributed by atoms with Crippen LogP contribution in [0.1, 0.15) is 18.4 Å². The molecular formula is C20H24N2O5S2. The third-order valence-corrected chi connectivity index (χ3v) is 8.07. The van der Waals surface area contributed by atoms with Crippen LogP contribution in [-0.2, 0) is 24.7 Å². The van der Waals surface area contributed by atoms with Crippen molar-refractivity contribution in [1.82, 2.24) is 4.31 Å². The Morgan fingerprint density at radius 3 is 1.93 bits per heavy atom. The lowest BCUT2D eigenvalue weighted by molar-refractivity contribution is -0.120. The van der Waals surface area contributed by atoms with Gasteiger partial charge in [-0.05, 0) is 56.2 Å². The van der Waals surface area contributed by atoms with Crippen molar-refractivity contribution >= 4 is 31.5 Å². The third-order valence-electron chi connectivity index (χ3n) is 5.03. The second-order valence-electron chi connectivity index (χ2n) is 7.28. The fraction of sp³-hybridized carbons (Fsp3) is 0.350. The number of aryl methyl sites for hydroxylation is 1. The van der Waals surface area contributed by atoms with Gasteiger partial charge < -0.3 is 5.32 Å². The van der Waals surface area contributed by atoms with Gasteiger partial charge in [0.25, 0.3) is 0 Å². The average Bonchev–Trinajstić information content (AvgIpc) is 2.69. The van der Waals surface area contributed by atoms with E-state index in [9.17, 15) is 21.6 Å². The molecule has 0 radical (unpaired) electrons. The molecule has 29 heavy (non-hydrogen) atoms. The Kier molecular flexibility index (Phi) is 6.11. The average molecular weight is 437 g/mol. The summed E-state index contributed by atoms with van der Waals surface area (Å²) in [5.74, 6) is -0.362. The summed E-state index contributed by atoms with van der Waals surface area (Å²) in [5.41, 5.74) is 1.83. The number of sulfonamides is 1. The second kappa shape index (κ2) is 8.25. The minimum absolute atomic E-state index is 0.0486. The van der Waals surface area contributed by atoms with Crippen molar-refractivity contribution in [3.63, 3.8) is 0 Å². The number of hydrogen-bond acceptors (Lipinski definition) is 5. The van der Waals surface area contributed by atoms with Crippen molar-refractivity contribution in [2.24, 2.45) is 5.92 Å². The number of sulfone groups is 1. The first-order valence-electron chi connectivity index (χ1n) is 9.25. The first-order valence-corrected chi connectivity index (χ1v) is 12.6. The Balaban J connectivity index is 1.63. The molecule has 0 saturated carbocycles. The van der Waals surface area contributed by atoms with E-state index in [1.165, 1.54) is 28.6 Å². The maximum Gasteiger partial charge on any atom is 0.243 e. The number of nitrogens with one attached hydrogen (secondary N) is 1. The zero-order valence-electron chi connectivity index (χ0n) is 16.3. The molecule has 3 rings (SSSR count). The van der Waals surface area contributed by atoms with Gasteiger partial charge in [0.2, 0.25) is 15.9 Å². The van der Waals surface area contributed by atoms with E-state index in [4.69, 9.17) is 0 Å². The van der Waals surface area contributed by atoms with Gasteiger partial charge in [-0.25, -0.2) is 16.8 Å². The first-order chi connectivity index (χ1) is 13.6. The highest BCUT2D eigenvalue weighted by molar-refractivity contribution is 7.90. The molecule has 1 N–H and O–H groups in total. The summed E-state index contributed by atoms with van der Waals surface area (Å²) in [5, 5.41) is 2.88. The van der Waals surface area contributed by atoms with E-state index in [0.29, 0.717) is 12.8 Å². The normalized spacial score (nSPS) is 16.5. The summed E-state index contributed by atoms with van der Waals surface area (Å²) in [6, 6.07) is 12.7. The Labute approximate surface area is 171 Å².